The van der Waals surface area contributed by atoms with E-state index in [1.807, 2.05) is 24.3 Å². The maximum atomic E-state index is 12.2. The van der Waals surface area contributed by atoms with Crippen molar-refractivity contribution >= 4 is 6.09 Å². The van der Waals surface area contributed by atoms with Crippen LogP contribution in [0.3, 0.4) is 0 Å². The first-order valence-corrected chi connectivity index (χ1v) is 13.1. The third-order valence-corrected chi connectivity index (χ3v) is 6.21. The molecule has 0 fully saturated rings. The van der Waals surface area contributed by atoms with E-state index in [0.29, 0.717) is 46.2 Å². The standard InChI is InChI=1S/C29H41NO5/c1-2-3-4-5-10-17-32-19-21-34-22-20-33-18-11-16-30-29(31)35-23-28-26-14-8-6-12-24(26)25-13-7-9-15-27(25)28/h6-9,12-15,28H,2-5,10-11,16-23H2,1H3,(H,30,31). The van der Waals surface area contributed by atoms with Gasteiger partial charge < -0.3 is 24.3 Å². The van der Waals surface area contributed by atoms with Crippen LogP contribution in [0.1, 0.15) is 62.5 Å². The minimum Gasteiger partial charge on any atom is -0.449 e. The number of carbonyl (C=O) groups is 1. The first kappa shape index (κ1) is 27.2. The van der Waals surface area contributed by atoms with Crippen LogP contribution >= 0.6 is 0 Å². The molecule has 0 heterocycles. The molecule has 2 aromatic rings. The number of nitrogens with one attached hydrogen (secondary N) is 1. The van der Waals surface area contributed by atoms with E-state index < -0.39 is 0 Å². The Morgan fingerprint density at radius 1 is 0.714 bits per heavy atom. The molecule has 1 N–H and O–H groups in total. The first-order valence-electron chi connectivity index (χ1n) is 13.1. The van der Waals surface area contributed by atoms with Crippen molar-refractivity contribution in [2.24, 2.45) is 0 Å². The summed E-state index contributed by atoms with van der Waals surface area (Å²) in [6.07, 6.45) is 6.60. The van der Waals surface area contributed by atoms with Gasteiger partial charge >= 0.3 is 6.09 Å². The van der Waals surface area contributed by atoms with Gasteiger partial charge in [0.05, 0.1) is 26.4 Å². The summed E-state index contributed by atoms with van der Waals surface area (Å²) in [7, 11) is 0. The number of rotatable bonds is 18. The Morgan fingerprint density at radius 2 is 1.26 bits per heavy atom. The van der Waals surface area contributed by atoms with Gasteiger partial charge in [0, 0.05) is 25.7 Å². The quantitative estimate of drug-likeness (QED) is 0.266. The summed E-state index contributed by atoms with van der Waals surface area (Å²) in [5, 5.41) is 2.81. The Hall–Kier alpha value is -2.41. The highest BCUT2D eigenvalue weighted by molar-refractivity contribution is 5.79. The molecule has 2 aromatic carbocycles. The smallest absolute Gasteiger partial charge is 0.407 e. The summed E-state index contributed by atoms with van der Waals surface area (Å²) in [5.74, 6) is 0.0766. The zero-order chi connectivity index (χ0) is 24.6. The predicted molar refractivity (Wildman–Crippen MR) is 139 cm³/mol. The van der Waals surface area contributed by atoms with Crippen LogP contribution in [0.2, 0.25) is 0 Å². The van der Waals surface area contributed by atoms with Gasteiger partial charge in [0.25, 0.3) is 0 Å². The molecule has 0 aliphatic heterocycles. The predicted octanol–water partition coefficient (Wildman–Crippen LogP) is 5.94. The fourth-order valence-corrected chi connectivity index (χ4v) is 4.36. The molecule has 0 radical (unpaired) electrons. The van der Waals surface area contributed by atoms with Crippen LogP contribution in [0, 0.1) is 0 Å². The van der Waals surface area contributed by atoms with Gasteiger partial charge in [-0.05, 0) is 35.1 Å². The molecule has 1 aliphatic rings. The Morgan fingerprint density at radius 3 is 1.89 bits per heavy atom. The van der Waals surface area contributed by atoms with Gasteiger partial charge in [0.2, 0.25) is 0 Å². The number of alkyl carbamates (subject to hydrolysis) is 1. The topological polar surface area (TPSA) is 66.0 Å². The first-order chi connectivity index (χ1) is 17.3. The van der Waals surface area contributed by atoms with Crippen molar-refractivity contribution < 1.29 is 23.7 Å². The van der Waals surface area contributed by atoms with Gasteiger partial charge in [-0.25, -0.2) is 4.79 Å². The van der Waals surface area contributed by atoms with Gasteiger partial charge in [0.1, 0.15) is 6.61 Å². The minimum absolute atomic E-state index is 0.0766. The molecule has 6 nitrogen and oxygen atoms in total. The Labute approximate surface area is 210 Å². The van der Waals surface area contributed by atoms with E-state index >= 15 is 0 Å². The largest absolute Gasteiger partial charge is 0.449 e. The van der Waals surface area contributed by atoms with E-state index in [0.717, 1.165) is 19.4 Å². The molecule has 0 aromatic heterocycles. The van der Waals surface area contributed by atoms with Crippen molar-refractivity contribution in [2.75, 3.05) is 52.8 Å². The van der Waals surface area contributed by atoms with Crippen LogP contribution in [0.4, 0.5) is 4.79 Å². The van der Waals surface area contributed by atoms with Crippen LogP contribution in [-0.4, -0.2) is 58.9 Å². The summed E-state index contributed by atoms with van der Waals surface area (Å²) in [6.45, 7) is 6.80. The van der Waals surface area contributed by atoms with E-state index in [2.05, 4.69) is 36.5 Å². The van der Waals surface area contributed by atoms with Crippen molar-refractivity contribution in [2.45, 2.75) is 51.4 Å². The molecule has 3 rings (SSSR count). The summed E-state index contributed by atoms with van der Waals surface area (Å²) in [4.78, 5) is 12.2. The third-order valence-electron chi connectivity index (χ3n) is 6.21. The Bertz CT molecular complexity index is 826. The van der Waals surface area contributed by atoms with Crippen LogP contribution < -0.4 is 5.32 Å². The number of amides is 1. The zero-order valence-electron chi connectivity index (χ0n) is 21.1. The average molecular weight is 484 g/mol. The van der Waals surface area contributed by atoms with Crippen LogP contribution in [-0.2, 0) is 18.9 Å². The summed E-state index contributed by atoms with van der Waals surface area (Å²) in [6, 6.07) is 16.7. The van der Waals surface area contributed by atoms with E-state index in [4.69, 9.17) is 18.9 Å². The third kappa shape index (κ3) is 9.28. The molecule has 0 atom stereocenters. The van der Waals surface area contributed by atoms with Crippen LogP contribution in [0.25, 0.3) is 11.1 Å². The van der Waals surface area contributed by atoms with E-state index in [1.54, 1.807) is 0 Å². The molecular weight excluding hydrogens is 442 g/mol. The van der Waals surface area contributed by atoms with E-state index in [1.165, 1.54) is 47.9 Å². The van der Waals surface area contributed by atoms with Crippen molar-refractivity contribution in [1.82, 2.24) is 5.32 Å². The van der Waals surface area contributed by atoms with Gasteiger partial charge in [0.15, 0.2) is 0 Å². The second-order valence-electron chi connectivity index (χ2n) is 8.86. The molecule has 6 heteroatoms. The van der Waals surface area contributed by atoms with E-state index in [9.17, 15) is 4.79 Å². The molecule has 192 valence electrons. The number of unbranched alkanes of at least 4 members (excludes halogenated alkanes) is 4. The van der Waals surface area contributed by atoms with Crippen molar-refractivity contribution in [3.63, 3.8) is 0 Å². The molecular formula is C29H41NO5. The molecule has 0 unspecified atom stereocenters. The number of benzene rings is 2. The van der Waals surface area contributed by atoms with Crippen LogP contribution in [0.5, 0.6) is 0 Å². The summed E-state index contributed by atoms with van der Waals surface area (Å²) >= 11 is 0. The molecule has 1 amide bonds. The normalized spacial score (nSPS) is 12.4. The van der Waals surface area contributed by atoms with Crippen LogP contribution in [0.15, 0.2) is 48.5 Å². The molecule has 0 saturated carbocycles. The maximum Gasteiger partial charge on any atom is 0.407 e. The highest BCUT2D eigenvalue weighted by atomic mass is 16.6. The lowest BCUT2D eigenvalue weighted by atomic mass is 9.98. The lowest BCUT2D eigenvalue weighted by molar-refractivity contribution is 0.0135. The number of hydrogen-bond donors (Lipinski definition) is 1. The summed E-state index contributed by atoms with van der Waals surface area (Å²) < 4.78 is 22.2. The summed E-state index contributed by atoms with van der Waals surface area (Å²) in [5.41, 5.74) is 4.88. The van der Waals surface area contributed by atoms with Crippen molar-refractivity contribution in [3.05, 3.63) is 59.7 Å². The fraction of sp³-hybridized carbons (Fsp3) is 0.552. The second-order valence-corrected chi connectivity index (χ2v) is 8.86. The highest BCUT2D eigenvalue weighted by Gasteiger charge is 2.28. The van der Waals surface area contributed by atoms with Gasteiger partial charge in [-0.2, -0.15) is 0 Å². The molecule has 35 heavy (non-hydrogen) atoms. The Balaban J connectivity index is 1.16. The molecule has 0 bridgehead atoms. The Kier molecular flexibility index (Phi) is 12.7. The number of fused-ring (bicyclic) bond motifs is 3. The lowest BCUT2D eigenvalue weighted by Crippen LogP contribution is -2.27. The lowest BCUT2D eigenvalue weighted by Gasteiger charge is -2.14. The SMILES string of the molecule is CCCCCCCOCCOCCOCCCNC(=O)OCC1c2ccccc2-c2ccccc21. The number of carbonyl (C=O) groups excluding carboxylic acids is 1. The van der Waals surface area contributed by atoms with Crippen molar-refractivity contribution in [3.8, 4) is 11.1 Å². The minimum atomic E-state index is -0.388. The number of ether oxygens (including phenoxy) is 4. The molecule has 1 aliphatic carbocycles. The van der Waals surface area contributed by atoms with Gasteiger partial charge in [-0.15, -0.1) is 0 Å². The monoisotopic (exact) mass is 483 g/mol. The van der Waals surface area contributed by atoms with Crippen molar-refractivity contribution in [1.29, 1.82) is 0 Å². The van der Waals surface area contributed by atoms with Gasteiger partial charge in [-0.1, -0.05) is 81.1 Å². The zero-order valence-corrected chi connectivity index (χ0v) is 21.1. The average Bonchev–Trinajstić information content (AvgIpc) is 3.21. The van der Waals surface area contributed by atoms with E-state index in [-0.39, 0.29) is 12.0 Å². The number of hydrogen-bond acceptors (Lipinski definition) is 5. The molecule has 0 spiro atoms. The van der Waals surface area contributed by atoms with Gasteiger partial charge in [-0.3, -0.25) is 0 Å². The fourth-order valence-electron chi connectivity index (χ4n) is 4.36. The maximum absolute atomic E-state index is 12.2. The highest BCUT2D eigenvalue weighted by Crippen LogP contribution is 2.44. The second kappa shape index (κ2) is 16.3. The molecule has 0 saturated heterocycles.